The van der Waals surface area contributed by atoms with Crippen molar-refractivity contribution >= 4 is 11.7 Å². The van der Waals surface area contributed by atoms with Gasteiger partial charge >= 0.3 is 0 Å². The van der Waals surface area contributed by atoms with E-state index in [1.165, 1.54) is 6.33 Å². The molecule has 0 radical (unpaired) electrons. The zero-order chi connectivity index (χ0) is 16.5. The molecule has 2 aromatic heterocycles. The van der Waals surface area contributed by atoms with Gasteiger partial charge in [0.1, 0.15) is 17.8 Å². The third-order valence-corrected chi connectivity index (χ3v) is 3.40. The number of hydrogen-bond acceptors (Lipinski definition) is 5. The Morgan fingerprint density at radius 2 is 1.83 bits per heavy atom. The van der Waals surface area contributed by atoms with E-state index >= 15 is 0 Å². The van der Waals surface area contributed by atoms with Gasteiger partial charge in [-0.3, -0.25) is 9.78 Å². The van der Waals surface area contributed by atoms with Crippen molar-refractivity contribution in [1.82, 2.24) is 20.3 Å². The summed E-state index contributed by atoms with van der Waals surface area (Å²) in [4.78, 5) is 26.8. The van der Waals surface area contributed by atoms with Gasteiger partial charge < -0.3 is 10.2 Å². The van der Waals surface area contributed by atoms with Gasteiger partial charge in [0, 0.05) is 38.1 Å². The van der Waals surface area contributed by atoms with Crippen LogP contribution in [0.15, 0.2) is 36.9 Å². The molecule has 1 N–H and O–H groups in total. The lowest BCUT2D eigenvalue weighted by Crippen LogP contribution is -2.28. The summed E-state index contributed by atoms with van der Waals surface area (Å²) in [5, 5.41) is 2.87. The van der Waals surface area contributed by atoms with Crippen molar-refractivity contribution in [2.24, 2.45) is 0 Å². The molecule has 0 aliphatic heterocycles. The van der Waals surface area contributed by atoms with Crippen LogP contribution in [0.5, 0.6) is 0 Å². The standard InChI is InChI=1S/C17H23N5O/c1-3-9-22(10-4-2)16-11-15(20-13-21-16)17(23)19-12-14-5-7-18-8-6-14/h5-8,11,13H,3-4,9-10,12H2,1-2H3,(H,19,23). The van der Waals surface area contributed by atoms with Crippen molar-refractivity contribution in [3.8, 4) is 0 Å². The maximum atomic E-state index is 12.3. The fourth-order valence-electron chi connectivity index (χ4n) is 2.30. The van der Waals surface area contributed by atoms with Crippen LogP contribution in [-0.4, -0.2) is 33.9 Å². The number of nitrogens with one attached hydrogen (secondary N) is 1. The molecule has 0 fully saturated rings. The lowest BCUT2D eigenvalue weighted by Gasteiger charge is -2.22. The average molecular weight is 313 g/mol. The van der Waals surface area contributed by atoms with Crippen LogP contribution < -0.4 is 10.2 Å². The maximum Gasteiger partial charge on any atom is 0.270 e. The molecule has 0 saturated carbocycles. The molecular weight excluding hydrogens is 290 g/mol. The van der Waals surface area contributed by atoms with Crippen LogP contribution in [0.4, 0.5) is 5.82 Å². The van der Waals surface area contributed by atoms with Crippen molar-refractivity contribution in [3.05, 3.63) is 48.2 Å². The fourth-order valence-corrected chi connectivity index (χ4v) is 2.30. The Labute approximate surface area is 137 Å². The quantitative estimate of drug-likeness (QED) is 0.810. The number of rotatable bonds is 8. The smallest absolute Gasteiger partial charge is 0.270 e. The number of nitrogens with zero attached hydrogens (tertiary/aromatic N) is 4. The van der Waals surface area contributed by atoms with E-state index in [4.69, 9.17) is 0 Å². The summed E-state index contributed by atoms with van der Waals surface area (Å²) in [5.41, 5.74) is 1.39. The van der Waals surface area contributed by atoms with Crippen LogP contribution in [0.25, 0.3) is 0 Å². The minimum atomic E-state index is -0.196. The molecule has 0 unspecified atom stereocenters. The van der Waals surface area contributed by atoms with Crippen molar-refractivity contribution in [1.29, 1.82) is 0 Å². The van der Waals surface area contributed by atoms with Gasteiger partial charge in [0.05, 0.1) is 0 Å². The molecule has 0 aliphatic carbocycles. The molecule has 1 amide bonds. The van der Waals surface area contributed by atoms with Crippen molar-refractivity contribution in [2.75, 3.05) is 18.0 Å². The highest BCUT2D eigenvalue weighted by Gasteiger charge is 2.12. The minimum absolute atomic E-state index is 0.196. The number of carbonyl (C=O) groups excluding carboxylic acids is 1. The Bertz CT molecular complexity index is 611. The first kappa shape index (κ1) is 16.9. The van der Waals surface area contributed by atoms with Gasteiger partial charge in [0.2, 0.25) is 0 Å². The first-order chi connectivity index (χ1) is 11.2. The molecule has 6 nitrogen and oxygen atoms in total. The first-order valence-electron chi connectivity index (χ1n) is 7.98. The van der Waals surface area contributed by atoms with Gasteiger partial charge in [-0.15, -0.1) is 0 Å². The lowest BCUT2D eigenvalue weighted by atomic mass is 10.2. The van der Waals surface area contributed by atoms with Crippen molar-refractivity contribution < 1.29 is 4.79 Å². The van der Waals surface area contributed by atoms with Crippen LogP contribution in [0, 0.1) is 0 Å². The van der Waals surface area contributed by atoms with E-state index in [0.717, 1.165) is 37.3 Å². The molecule has 6 heteroatoms. The normalized spacial score (nSPS) is 10.3. The number of anilines is 1. The van der Waals surface area contributed by atoms with Crippen molar-refractivity contribution in [2.45, 2.75) is 33.2 Å². The topological polar surface area (TPSA) is 71.0 Å². The third kappa shape index (κ3) is 5.02. The van der Waals surface area contributed by atoms with E-state index in [9.17, 15) is 4.79 Å². The highest BCUT2D eigenvalue weighted by molar-refractivity contribution is 5.92. The van der Waals surface area contributed by atoms with E-state index in [1.54, 1.807) is 18.5 Å². The Morgan fingerprint density at radius 3 is 2.48 bits per heavy atom. The van der Waals surface area contributed by atoms with E-state index in [1.807, 2.05) is 12.1 Å². The Kier molecular flexibility index (Phi) is 6.47. The second-order valence-corrected chi connectivity index (χ2v) is 5.29. The SMILES string of the molecule is CCCN(CCC)c1cc(C(=O)NCc2ccncc2)ncn1. The summed E-state index contributed by atoms with van der Waals surface area (Å²) < 4.78 is 0. The van der Waals surface area contributed by atoms with Gasteiger partial charge in [0.25, 0.3) is 5.91 Å². The highest BCUT2D eigenvalue weighted by atomic mass is 16.1. The number of carbonyl (C=O) groups is 1. The van der Waals surface area contributed by atoms with Gasteiger partial charge in [-0.1, -0.05) is 13.8 Å². The van der Waals surface area contributed by atoms with Gasteiger partial charge in [-0.05, 0) is 30.5 Å². The average Bonchev–Trinajstić information content (AvgIpc) is 2.60. The maximum absolute atomic E-state index is 12.3. The van der Waals surface area contributed by atoms with Crippen LogP contribution in [0.1, 0.15) is 42.7 Å². The lowest BCUT2D eigenvalue weighted by molar-refractivity contribution is 0.0945. The molecule has 2 aromatic rings. The van der Waals surface area contributed by atoms with Gasteiger partial charge in [0.15, 0.2) is 0 Å². The molecule has 0 aromatic carbocycles. The number of amides is 1. The number of aromatic nitrogens is 3. The summed E-state index contributed by atoms with van der Waals surface area (Å²) in [5.74, 6) is 0.608. The molecule has 2 heterocycles. The van der Waals surface area contributed by atoms with Crippen molar-refractivity contribution in [3.63, 3.8) is 0 Å². The zero-order valence-electron chi connectivity index (χ0n) is 13.7. The van der Waals surface area contributed by atoms with E-state index in [-0.39, 0.29) is 5.91 Å². The number of hydrogen-bond donors (Lipinski definition) is 1. The summed E-state index contributed by atoms with van der Waals surface area (Å²) in [6, 6.07) is 5.50. The van der Waals surface area contributed by atoms with Crippen LogP contribution >= 0.6 is 0 Å². The molecule has 23 heavy (non-hydrogen) atoms. The second kappa shape index (κ2) is 8.82. The molecule has 0 saturated heterocycles. The van der Waals surface area contributed by atoms with E-state index in [2.05, 4.69) is 39.0 Å². The summed E-state index contributed by atoms with van der Waals surface area (Å²) in [6.07, 6.45) is 6.94. The van der Waals surface area contributed by atoms with E-state index < -0.39 is 0 Å². The Morgan fingerprint density at radius 1 is 1.13 bits per heavy atom. The summed E-state index contributed by atoms with van der Waals surface area (Å²) >= 11 is 0. The zero-order valence-corrected chi connectivity index (χ0v) is 13.7. The number of pyridine rings is 1. The van der Waals surface area contributed by atoms with Crippen LogP contribution in [0.3, 0.4) is 0 Å². The molecule has 0 spiro atoms. The minimum Gasteiger partial charge on any atom is -0.357 e. The molecular formula is C17H23N5O. The van der Waals surface area contributed by atoms with Crippen LogP contribution in [-0.2, 0) is 6.54 Å². The molecule has 0 atom stereocenters. The monoisotopic (exact) mass is 313 g/mol. The molecule has 0 bridgehead atoms. The van der Waals surface area contributed by atoms with E-state index in [0.29, 0.717) is 12.2 Å². The fraction of sp³-hybridized carbons (Fsp3) is 0.412. The van der Waals surface area contributed by atoms with Crippen LogP contribution in [0.2, 0.25) is 0 Å². The third-order valence-electron chi connectivity index (χ3n) is 3.40. The van der Waals surface area contributed by atoms with Gasteiger partial charge in [-0.2, -0.15) is 0 Å². The highest BCUT2D eigenvalue weighted by Crippen LogP contribution is 2.12. The Balaban J connectivity index is 2.04. The first-order valence-corrected chi connectivity index (χ1v) is 7.98. The molecule has 0 aliphatic rings. The summed E-state index contributed by atoms with van der Waals surface area (Å²) in [7, 11) is 0. The largest absolute Gasteiger partial charge is 0.357 e. The predicted octanol–water partition coefficient (Wildman–Crippen LogP) is 2.43. The second-order valence-electron chi connectivity index (χ2n) is 5.29. The summed E-state index contributed by atoms with van der Waals surface area (Å²) in [6.45, 7) is 6.55. The molecule has 2 rings (SSSR count). The predicted molar refractivity (Wildman–Crippen MR) is 90.2 cm³/mol. The van der Waals surface area contributed by atoms with Gasteiger partial charge in [-0.25, -0.2) is 9.97 Å². The molecule has 122 valence electrons. The Hall–Kier alpha value is -2.50.